The second-order valence-corrected chi connectivity index (χ2v) is 20.7. The quantitative estimate of drug-likeness (QED) is 0.176. The minimum atomic E-state index is 0.0574. The molecule has 0 radical (unpaired) electrons. The molecule has 0 N–H and O–H groups in total. The van der Waals surface area contributed by atoms with Crippen molar-refractivity contribution in [3.63, 3.8) is 0 Å². The van der Waals surface area contributed by atoms with E-state index in [9.17, 15) is 0 Å². The van der Waals surface area contributed by atoms with Gasteiger partial charge >= 0.3 is 0 Å². The minimum Gasteiger partial charge on any atom is -0.456 e. The molecule has 310 valence electrons. The minimum absolute atomic E-state index is 0.0574. The zero-order valence-corrected chi connectivity index (χ0v) is 36.3. The van der Waals surface area contributed by atoms with E-state index in [1.165, 1.54) is 131 Å². The van der Waals surface area contributed by atoms with Gasteiger partial charge in [0.2, 0.25) is 0 Å². The molecular formula is C62H51NO. The first kappa shape index (κ1) is 36.0. The molecule has 5 fully saturated rings. The molecule has 7 aliphatic carbocycles. The van der Waals surface area contributed by atoms with E-state index < -0.39 is 0 Å². The summed E-state index contributed by atoms with van der Waals surface area (Å²) in [6.07, 6.45) is 13.4. The highest BCUT2D eigenvalue weighted by atomic mass is 16.3. The highest BCUT2D eigenvalue weighted by Crippen LogP contribution is 2.69. The van der Waals surface area contributed by atoms with E-state index >= 15 is 0 Å². The number of nitrogens with zero attached hydrogens (tertiary/aromatic N) is 1. The summed E-state index contributed by atoms with van der Waals surface area (Å²) in [6.45, 7) is 0. The number of furan rings is 1. The molecule has 8 aromatic carbocycles. The number of benzene rings is 8. The van der Waals surface area contributed by atoms with Crippen LogP contribution in [0.5, 0.6) is 0 Å². The normalized spacial score (nSPS) is 24.1. The average molecular weight is 826 g/mol. The van der Waals surface area contributed by atoms with Gasteiger partial charge in [0, 0.05) is 44.4 Å². The maximum atomic E-state index is 6.59. The molecule has 0 unspecified atom stereocenters. The lowest BCUT2D eigenvalue weighted by Gasteiger charge is -2.61. The Balaban J connectivity index is 0.915. The SMILES string of the molecule is c1ccc2c(c1)-c1ccc(N(c3ccc4c(c3)oc3ccccc34)c3cccc4c(-c5ccc6c(c5)-c5ccccc5C65C6CC7CC(C6)CC5C7)cccc34)cc1C21CCCCC1. The molecule has 9 aromatic rings. The van der Waals surface area contributed by atoms with Crippen LogP contribution in [0.15, 0.2) is 168 Å². The van der Waals surface area contributed by atoms with Crippen LogP contribution in [-0.4, -0.2) is 0 Å². The fourth-order valence-electron chi connectivity index (χ4n) is 15.6. The van der Waals surface area contributed by atoms with Crippen LogP contribution >= 0.6 is 0 Å². The van der Waals surface area contributed by atoms with E-state index in [0.717, 1.165) is 51.3 Å². The van der Waals surface area contributed by atoms with E-state index in [0.29, 0.717) is 0 Å². The molecule has 64 heavy (non-hydrogen) atoms. The smallest absolute Gasteiger partial charge is 0.137 e. The van der Waals surface area contributed by atoms with Gasteiger partial charge in [-0.3, -0.25) is 0 Å². The van der Waals surface area contributed by atoms with Crippen LogP contribution < -0.4 is 4.90 Å². The van der Waals surface area contributed by atoms with Gasteiger partial charge in [-0.25, -0.2) is 0 Å². The van der Waals surface area contributed by atoms with E-state index in [2.05, 4.69) is 169 Å². The summed E-state index contributed by atoms with van der Waals surface area (Å²) in [4.78, 5) is 2.52. The van der Waals surface area contributed by atoms with Crippen LogP contribution in [0.3, 0.4) is 0 Å². The molecule has 2 spiro atoms. The van der Waals surface area contributed by atoms with Gasteiger partial charge in [0.15, 0.2) is 0 Å². The lowest BCUT2D eigenvalue weighted by Crippen LogP contribution is -2.55. The Morgan fingerprint density at radius 2 is 1.03 bits per heavy atom. The van der Waals surface area contributed by atoms with Gasteiger partial charge in [-0.05, 0) is 172 Å². The molecule has 7 aliphatic rings. The topological polar surface area (TPSA) is 16.4 Å². The molecule has 0 atom stereocenters. The molecular weight excluding hydrogens is 775 g/mol. The predicted molar refractivity (Wildman–Crippen MR) is 264 cm³/mol. The molecule has 16 rings (SSSR count). The van der Waals surface area contributed by atoms with E-state index in [1.807, 2.05) is 0 Å². The Morgan fingerprint density at radius 3 is 1.88 bits per heavy atom. The fraction of sp³-hybridized carbons (Fsp3) is 0.258. The standard InChI is InChI=1S/C62H51NO/c1-8-28-61(29-9-1)54-18-5-2-12-47(54)49-25-23-43(36-57(49)61)63(44-24-26-52-51-14-4-7-21-59(51)64-60(52)37-44)58-20-11-16-46-45(15-10-17-50(46)58)40-22-27-56-53(35-40)48-13-3-6-19-55(48)62(56)41-31-38-30-39(33-41)34-42(62)32-38/h2-7,10-27,35-39,41-42H,1,8-9,28-34H2. The molecule has 1 heterocycles. The van der Waals surface area contributed by atoms with Gasteiger partial charge in [0.05, 0.1) is 5.69 Å². The summed E-state index contributed by atoms with van der Waals surface area (Å²) >= 11 is 0. The molecule has 0 amide bonds. The lowest BCUT2D eigenvalue weighted by atomic mass is 9.43. The van der Waals surface area contributed by atoms with Gasteiger partial charge in [-0.2, -0.15) is 0 Å². The van der Waals surface area contributed by atoms with E-state index in [4.69, 9.17) is 4.42 Å². The van der Waals surface area contributed by atoms with E-state index in [1.54, 1.807) is 11.1 Å². The predicted octanol–water partition coefficient (Wildman–Crippen LogP) is 16.8. The molecule has 0 saturated heterocycles. The second-order valence-electron chi connectivity index (χ2n) is 20.7. The molecule has 2 nitrogen and oxygen atoms in total. The maximum Gasteiger partial charge on any atom is 0.137 e. The summed E-state index contributed by atoms with van der Waals surface area (Å²) in [5.41, 5.74) is 20.2. The summed E-state index contributed by atoms with van der Waals surface area (Å²) in [6, 6.07) is 63.0. The van der Waals surface area contributed by atoms with Crippen molar-refractivity contribution in [1.29, 1.82) is 0 Å². The Hall–Kier alpha value is -6.38. The largest absolute Gasteiger partial charge is 0.456 e. The van der Waals surface area contributed by atoms with Gasteiger partial charge in [0.25, 0.3) is 0 Å². The van der Waals surface area contributed by atoms with E-state index in [-0.39, 0.29) is 10.8 Å². The van der Waals surface area contributed by atoms with Crippen molar-refractivity contribution in [1.82, 2.24) is 0 Å². The van der Waals surface area contributed by atoms with Gasteiger partial charge in [0.1, 0.15) is 11.2 Å². The first-order chi connectivity index (χ1) is 31.7. The molecule has 1 aromatic heterocycles. The molecule has 2 heteroatoms. The number of rotatable bonds is 4. The van der Waals surface area contributed by atoms with Crippen molar-refractivity contribution in [2.24, 2.45) is 23.7 Å². The van der Waals surface area contributed by atoms with Gasteiger partial charge in [-0.1, -0.05) is 135 Å². The summed E-state index contributed by atoms with van der Waals surface area (Å²) in [5, 5.41) is 4.84. The number of anilines is 3. The monoisotopic (exact) mass is 825 g/mol. The van der Waals surface area contributed by atoms with Gasteiger partial charge in [-0.15, -0.1) is 0 Å². The third kappa shape index (κ3) is 4.71. The van der Waals surface area contributed by atoms with Crippen LogP contribution in [0.2, 0.25) is 0 Å². The Kier molecular flexibility index (Phi) is 7.37. The highest BCUT2D eigenvalue weighted by molar-refractivity contribution is 6.09. The van der Waals surface area contributed by atoms with Crippen LogP contribution in [-0.2, 0) is 10.8 Å². The summed E-state index contributed by atoms with van der Waals surface area (Å²) in [5.74, 6) is 3.41. The summed E-state index contributed by atoms with van der Waals surface area (Å²) in [7, 11) is 0. The van der Waals surface area contributed by atoms with Crippen molar-refractivity contribution in [2.45, 2.75) is 75.0 Å². The zero-order chi connectivity index (χ0) is 41.7. The Morgan fingerprint density at radius 1 is 0.406 bits per heavy atom. The van der Waals surface area contributed by atoms with Crippen molar-refractivity contribution >= 4 is 49.8 Å². The highest BCUT2D eigenvalue weighted by Gasteiger charge is 2.61. The average Bonchev–Trinajstić information content (AvgIpc) is 3.95. The maximum absolute atomic E-state index is 6.59. The molecule has 0 aliphatic heterocycles. The Bertz CT molecular complexity index is 3390. The van der Waals surface area contributed by atoms with Crippen molar-refractivity contribution < 1.29 is 4.42 Å². The second kappa shape index (κ2) is 13.1. The Labute approximate surface area is 375 Å². The van der Waals surface area contributed by atoms with Crippen molar-refractivity contribution in [3.05, 3.63) is 186 Å². The van der Waals surface area contributed by atoms with Gasteiger partial charge < -0.3 is 9.32 Å². The van der Waals surface area contributed by atoms with Crippen LogP contribution in [0.25, 0.3) is 66.1 Å². The zero-order valence-electron chi connectivity index (χ0n) is 36.3. The fourth-order valence-corrected chi connectivity index (χ4v) is 15.6. The third-order valence-corrected chi connectivity index (χ3v) is 17.8. The number of hydrogen-bond acceptors (Lipinski definition) is 2. The van der Waals surface area contributed by atoms with Crippen LogP contribution in [0.4, 0.5) is 17.1 Å². The first-order valence-corrected chi connectivity index (χ1v) is 24.4. The lowest BCUT2D eigenvalue weighted by molar-refractivity contribution is -0.0399. The summed E-state index contributed by atoms with van der Waals surface area (Å²) < 4.78 is 6.59. The number of hydrogen-bond donors (Lipinski definition) is 0. The molecule has 4 bridgehead atoms. The molecule has 5 saturated carbocycles. The number of fused-ring (bicyclic) bond motifs is 12. The van der Waals surface area contributed by atoms with Crippen LogP contribution in [0.1, 0.15) is 86.5 Å². The van der Waals surface area contributed by atoms with Crippen molar-refractivity contribution in [3.8, 4) is 33.4 Å². The first-order valence-electron chi connectivity index (χ1n) is 24.4. The number of para-hydroxylation sites is 1. The van der Waals surface area contributed by atoms with Crippen molar-refractivity contribution in [2.75, 3.05) is 4.90 Å². The van der Waals surface area contributed by atoms with Crippen LogP contribution in [0, 0.1) is 23.7 Å². The third-order valence-electron chi connectivity index (χ3n) is 17.8.